The number of carboxylic acid groups (broad SMARTS) is 1. The van der Waals surface area contributed by atoms with Gasteiger partial charge >= 0.3 is 5.97 Å². The SMILES string of the molecule is Cc1ccc2[nH]cc(CCC(=O)NCCCC(=O)O)c2c1. The summed E-state index contributed by atoms with van der Waals surface area (Å²) in [6, 6.07) is 6.21. The molecule has 0 spiro atoms. The van der Waals surface area contributed by atoms with E-state index in [0.717, 1.165) is 16.5 Å². The van der Waals surface area contributed by atoms with Crippen molar-refractivity contribution < 1.29 is 14.7 Å². The number of carboxylic acids is 1. The average molecular weight is 288 g/mol. The summed E-state index contributed by atoms with van der Waals surface area (Å²) in [4.78, 5) is 25.3. The zero-order valence-corrected chi connectivity index (χ0v) is 12.1. The number of hydrogen-bond acceptors (Lipinski definition) is 2. The molecule has 0 aliphatic heterocycles. The third-order valence-corrected chi connectivity index (χ3v) is 3.43. The van der Waals surface area contributed by atoms with Gasteiger partial charge in [-0.1, -0.05) is 11.6 Å². The number of aromatic amines is 1. The van der Waals surface area contributed by atoms with Crippen molar-refractivity contribution in [3.05, 3.63) is 35.5 Å². The van der Waals surface area contributed by atoms with Gasteiger partial charge in [-0.15, -0.1) is 0 Å². The first kappa shape index (κ1) is 15.1. The summed E-state index contributed by atoms with van der Waals surface area (Å²) in [6.07, 6.45) is 3.58. The predicted octanol–water partition coefficient (Wildman–Crippen LogP) is 2.39. The summed E-state index contributed by atoms with van der Waals surface area (Å²) in [6.45, 7) is 2.46. The van der Waals surface area contributed by atoms with Crippen molar-refractivity contribution in [2.45, 2.75) is 32.6 Å². The molecule has 0 radical (unpaired) electrons. The van der Waals surface area contributed by atoms with E-state index in [2.05, 4.69) is 22.4 Å². The van der Waals surface area contributed by atoms with Crippen LogP contribution in [0.3, 0.4) is 0 Å². The number of aromatic nitrogens is 1. The second kappa shape index (κ2) is 6.92. The zero-order chi connectivity index (χ0) is 15.2. The van der Waals surface area contributed by atoms with Crippen LogP contribution in [0.1, 0.15) is 30.4 Å². The van der Waals surface area contributed by atoms with Gasteiger partial charge in [0.2, 0.25) is 5.91 Å². The molecule has 1 heterocycles. The maximum atomic E-state index is 11.7. The fourth-order valence-corrected chi connectivity index (χ4v) is 2.30. The van der Waals surface area contributed by atoms with Gasteiger partial charge in [0.15, 0.2) is 0 Å². The molecule has 0 atom stereocenters. The molecule has 112 valence electrons. The first-order valence-electron chi connectivity index (χ1n) is 7.11. The van der Waals surface area contributed by atoms with E-state index in [1.54, 1.807) is 0 Å². The third kappa shape index (κ3) is 4.34. The van der Waals surface area contributed by atoms with Crippen LogP contribution >= 0.6 is 0 Å². The third-order valence-electron chi connectivity index (χ3n) is 3.43. The second-order valence-electron chi connectivity index (χ2n) is 5.21. The van der Waals surface area contributed by atoms with Crippen molar-refractivity contribution in [1.29, 1.82) is 0 Å². The van der Waals surface area contributed by atoms with Crippen LogP contribution < -0.4 is 5.32 Å². The summed E-state index contributed by atoms with van der Waals surface area (Å²) in [5.74, 6) is -0.874. The van der Waals surface area contributed by atoms with Gasteiger partial charge in [0.25, 0.3) is 0 Å². The monoisotopic (exact) mass is 288 g/mol. The number of carbonyl (C=O) groups is 2. The van der Waals surface area contributed by atoms with E-state index < -0.39 is 5.97 Å². The van der Waals surface area contributed by atoms with Crippen LogP contribution in [0.25, 0.3) is 10.9 Å². The van der Waals surface area contributed by atoms with Gasteiger partial charge in [0.1, 0.15) is 0 Å². The molecule has 3 N–H and O–H groups in total. The lowest BCUT2D eigenvalue weighted by atomic mass is 10.1. The molecule has 5 nitrogen and oxygen atoms in total. The van der Waals surface area contributed by atoms with E-state index in [1.807, 2.05) is 19.2 Å². The Labute approximate surface area is 123 Å². The van der Waals surface area contributed by atoms with Crippen molar-refractivity contribution in [3.63, 3.8) is 0 Å². The number of nitrogens with one attached hydrogen (secondary N) is 2. The highest BCUT2D eigenvalue weighted by Crippen LogP contribution is 2.20. The normalized spacial score (nSPS) is 10.7. The quantitative estimate of drug-likeness (QED) is 0.684. The van der Waals surface area contributed by atoms with E-state index in [9.17, 15) is 9.59 Å². The van der Waals surface area contributed by atoms with Gasteiger partial charge in [-0.05, 0) is 37.5 Å². The van der Waals surface area contributed by atoms with Gasteiger partial charge < -0.3 is 15.4 Å². The van der Waals surface area contributed by atoms with Crippen molar-refractivity contribution in [2.75, 3.05) is 6.54 Å². The second-order valence-corrected chi connectivity index (χ2v) is 5.21. The largest absolute Gasteiger partial charge is 0.481 e. The number of benzene rings is 1. The fourth-order valence-electron chi connectivity index (χ4n) is 2.30. The van der Waals surface area contributed by atoms with Crippen molar-refractivity contribution in [2.24, 2.45) is 0 Å². The van der Waals surface area contributed by atoms with Crippen LogP contribution in [0, 0.1) is 6.92 Å². The Morgan fingerprint density at radius 2 is 2.10 bits per heavy atom. The molecule has 0 aliphatic rings. The smallest absolute Gasteiger partial charge is 0.303 e. The highest BCUT2D eigenvalue weighted by molar-refractivity contribution is 5.84. The minimum Gasteiger partial charge on any atom is -0.481 e. The Hall–Kier alpha value is -2.30. The van der Waals surface area contributed by atoms with Gasteiger partial charge in [0.05, 0.1) is 0 Å². The molecule has 0 unspecified atom stereocenters. The molecule has 0 bridgehead atoms. The van der Waals surface area contributed by atoms with Crippen LogP contribution in [0.5, 0.6) is 0 Å². The Morgan fingerprint density at radius 3 is 2.86 bits per heavy atom. The molecule has 0 saturated heterocycles. The molecule has 21 heavy (non-hydrogen) atoms. The standard InChI is InChI=1S/C16H20N2O3/c1-11-4-6-14-13(9-11)12(10-18-14)5-7-15(19)17-8-2-3-16(20)21/h4,6,9-10,18H,2-3,5,7-8H2,1H3,(H,17,19)(H,20,21). The van der Waals surface area contributed by atoms with E-state index in [0.29, 0.717) is 25.8 Å². The van der Waals surface area contributed by atoms with Crippen molar-refractivity contribution in [1.82, 2.24) is 10.3 Å². The highest BCUT2D eigenvalue weighted by Gasteiger charge is 2.07. The maximum absolute atomic E-state index is 11.7. The summed E-state index contributed by atoms with van der Waals surface area (Å²) in [7, 11) is 0. The minimum absolute atomic E-state index is 0.0395. The number of H-pyrrole nitrogens is 1. The Morgan fingerprint density at radius 1 is 1.29 bits per heavy atom. The number of carbonyl (C=O) groups excluding carboxylic acids is 1. The molecule has 2 aromatic rings. The van der Waals surface area contributed by atoms with Gasteiger partial charge in [0, 0.05) is 36.5 Å². The van der Waals surface area contributed by atoms with E-state index in [-0.39, 0.29) is 12.3 Å². The van der Waals surface area contributed by atoms with E-state index >= 15 is 0 Å². The number of fused-ring (bicyclic) bond motifs is 1. The topological polar surface area (TPSA) is 82.2 Å². The molecular formula is C16H20N2O3. The first-order chi connectivity index (χ1) is 10.1. The van der Waals surface area contributed by atoms with Crippen LogP contribution in [-0.2, 0) is 16.0 Å². The molecule has 0 saturated carbocycles. The summed E-state index contributed by atoms with van der Waals surface area (Å²) < 4.78 is 0. The van der Waals surface area contributed by atoms with Gasteiger partial charge in [-0.25, -0.2) is 0 Å². The zero-order valence-electron chi connectivity index (χ0n) is 12.1. The lowest BCUT2D eigenvalue weighted by molar-refractivity contribution is -0.137. The number of rotatable bonds is 7. The Bertz CT molecular complexity index is 646. The van der Waals surface area contributed by atoms with Crippen molar-refractivity contribution in [3.8, 4) is 0 Å². The molecule has 1 aromatic heterocycles. The van der Waals surface area contributed by atoms with Crippen LogP contribution in [0.2, 0.25) is 0 Å². The summed E-state index contributed by atoms with van der Waals surface area (Å²) in [5, 5.41) is 12.4. The van der Waals surface area contributed by atoms with Crippen LogP contribution in [-0.4, -0.2) is 28.5 Å². The average Bonchev–Trinajstić information content (AvgIpc) is 2.83. The maximum Gasteiger partial charge on any atom is 0.303 e. The van der Waals surface area contributed by atoms with E-state index in [1.165, 1.54) is 5.56 Å². The molecule has 0 aliphatic carbocycles. The lowest BCUT2D eigenvalue weighted by Crippen LogP contribution is -2.25. The number of aryl methyl sites for hydroxylation is 2. The lowest BCUT2D eigenvalue weighted by Gasteiger charge is -2.04. The Balaban J connectivity index is 1.83. The van der Waals surface area contributed by atoms with E-state index in [4.69, 9.17) is 5.11 Å². The molecule has 1 aromatic carbocycles. The minimum atomic E-state index is -0.835. The number of hydrogen-bond donors (Lipinski definition) is 3. The van der Waals surface area contributed by atoms with Crippen molar-refractivity contribution >= 4 is 22.8 Å². The summed E-state index contributed by atoms with van der Waals surface area (Å²) >= 11 is 0. The summed E-state index contributed by atoms with van der Waals surface area (Å²) in [5.41, 5.74) is 3.41. The first-order valence-corrected chi connectivity index (χ1v) is 7.11. The van der Waals surface area contributed by atoms with Gasteiger partial charge in [-0.3, -0.25) is 9.59 Å². The number of amides is 1. The highest BCUT2D eigenvalue weighted by atomic mass is 16.4. The predicted molar refractivity (Wildman–Crippen MR) is 81.2 cm³/mol. The van der Waals surface area contributed by atoms with Crippen LogP contribution in [0.15, 0.2) is 24.4 Å². The molecule has 5 heteroatoms. The fraction of sp³-hybridized carbons (Fsp3) is 0.375. The molecule has 2 rings (SSSR count). The number of aliphatic carboxylic acids is 1. The molecule has 0 fully saturated rings. The molecular weight excluding hydrogens is 268 g/mol. The van der Waals surface area contributed by atoms with Gasteiger partial charge in [-0.2, -0.15) is 0 Å². The molecule has 1 amide bonds. The Kier molecular flexibility index (Phi) is 4.98. The van der Waals surface area contributed by atoms with Crippen LogP contribution in [0.4, 0.5) is 0 Å².